The predicted octanol–water partition coefficient (Wildman–Crippen LogP) is 1.79. The van der Waals surface area contributed by atoms with Crippen LogP contribution < -0.4 is 5.73 Å². The summed E-state index contributed by atoms with van der Waals surface area (Å²) in [4.78, 5) is 0.277. The van der Waals surface area contributed by atoms with E-state index >= 15 is 0 Å². The summed E-state index contributed by atoms with van der Waals surface area (Å²) in [6.07, 6.45) is 0.707. The van der Waals surface area contributed by atoms with Gasteiger partial charge in [0.2, 0.25) is 10.0 Å². The third-order valence-corrected chi connectivity index (χ3v) is 5.44. The van der Waals surface area contributed by atoms with Gasteiger partial charge >= 0.3 is 0 Å². The van der Waals surface area contributed by atoms with Crippen molar-refractivity contribution in [3.05, 3.63) is 28.8 Å². The molecule has 0 aromatic heterocycles. The SMILES string of the molecule is Cc1c(Cl)cccc1S(=O)(=O)N1CC[C@@H](N)C1.Cl. The number of halogens is 2. The fourth-order valence-electron chi connectivity index (χ4n) is 1.98. The van der Waals surface area contributed by atoms with Gasteiger partial charge in [-0.2, -0.15) is 4.31 Å². The Morgan fingerprint density at radius 1 is 1.44 bits per heavy atom. The number of rotatable bonds is 2. The van der Waals surface area contributed by atoms with Crippen LogP contribution in [0, 0.1) is 6.92 Å². The highest BCUT2D eigenvalue weighted by Crippen LogP contribution is 2.27. The average Bonchev–Trinajstić information content (AvgIpc) is 2.69. The Bertz CT molecular complexity index is 534. The van der Waals surface area contributed by atoms with E-state index in [1.165, 1.54) is 4.31 Å². The maximum Gasteiger partial charge on any atom is 0.243 e. The van der Waals surface area contributed by atoms with Crippen LogP contribution in [0.25, 0.3) is 0 Å². The average molecular weight is 311 g/mol. The van der Waals surface area contributed by atoms with Crippen LogP contribution >= 0.6 is 24.0 Å². The van der Waals surface area contributed by atoms with E-state index < -0.39 is 10.0 Å². The Morgan fingerprint density at radius 2 is 2.11 bits per heavy atom. The van der Waals surface area contributed by atoms with Crippen LogP contribution in [-0.2, 0) is 10.0 Å². The van der Waals surface area contributed by atoms with Crippen LogP contribution in [0.3, 0.4) is 0 Å². The van der Waals surface area contributed by atoms with Crippen molar-refractivity contribution >= 4 is 34.0 Å². The van der Waals surface area contributed by atoms with Gasteiger partial charge in [-0.15, -0.1) is 12.4 Å². The molecule has 1 heterocycles. The van der Waals surface area contributed by atoms with Crippen LogP contribution in [0.1, 0.15) is 12.0 Å². The first-order valence-electron chi connectivity index (χ1n) is 5.44. The molecule has 1 aliphatic rings. The number of sulfonamides is 1. The normalized spacial score (nSPS) is 20.7. The van der Waals surface area contributed by atoms with Gasteiger partial charge in [0.25, 0.3) is 0 Å². The van der Waals surface area contributed by atoms with E-state index in [1.807, 2.05) is 0 Å². The standard InChI is InChI=1S/C11H15ClN2O2S.ClH/c1-8-10(12)3-2-4-11(8)17(15,16)14-6-5-9(13)7-14;/h2-4,9H,5-7,13H2,1H3;1H/t9-;/m1./s1. The highest BCUT2D eigenvalue weighted by atomic mass is 35.5. The van der Waals surface area contributed by atoms with Crippen molar-refractivity contribution in [2.24, 2.45) is 5.73 Å². The largest absolute Gasteiger partial charge is 0.326 e. The number of nitrogens with zero attached hydrogens (tertiary/aromatic N) is 1. The molecule has 18 heavy (non-hydrogen) atoms. The van der Waals surface area contributed by atoms with Gasteiger partial charge in [0.05, 0.1) is 4.90 Å². The van der Waals surface area contributed by atoms with E-state index in [4.69, 9.17) is 17.3 Å². The summed E-state index contributed by atoms with van der Waals surface area (Å²) >= 11 is 5.95. The number of benzene rings is 1. The maximum absolute atomic E-state index is 12.4. The smallest absolute Gasteiger partial charge is 0.243 e. The lowest BCUT2D eigenvalue weighted by Gasteiger charge is -2.17. The van der Waals surface area contributed by atoms with Crippen molar-refractivity contribution < 1.29 is 8.42 Å². The molecule has 0 amide bonds. The van der Waals surface area contributed by atoms with Gasteiger partial charge in [-0.1, -0.05) is 17.7 Å². The third kappa shape index (κ3) is 2.81. The van der Waals surface area contributed by atoms with Crippen molar-refractivity contribution in [1.82, 2.24) is 4.31 Å². The van der Waals surface area contributed by atoms with Crippen molar-refractivity contribution in [3.8, 4) is 0 Å². The zero-order chi connectivity index (χ0) is 12.6. The van der Waals surface area contributed by atoms with Crippen LogP contribution in [0.2, 0.25) is 5.02 Å². The fourth-order valence-corrected chi connectivity index (χ4v) is 3.97. The molecule has 1 aromatic carbocycles. The molecule has 7 heteroatoms. The summed E-state index contributed by atoms with van der Waals surface area (Å²) in [6.45, 7) is 2.58. The summed E-state index contributed by atoms with van der Waals surface area (Å²) in [5.41, 5.74) is 6.33. The first-order chi connectivity index (χ1) is 7.93. The van der Waals surface area contributed by atoms with Gasteiger partial charge in [-0.25, -0.2) is 8.42 Å². The molecule has 1 aromatic rings. The molecule has 0 radical (unpaired) electrons. The third-order valence-electron chi connectivity index (χ3n) is 3.02. The topological polar surface area (TPSA) is 63.4 Å². The van der Waals surface area contributed by atoms with Gasteiger partial charge in [0.15, 0.2) is 0 Å². The lowest BCUT2D eigenvalue weighted by atomic mass is 10.2. The summed E-state index contributed by atoms with van der Waals surface area (Å²) in [7, 11) is -3.46. The van der Waals surface area contributed by atoms with E-state index in [0.29, 0.717) is 30.1 Å². The van der Waals surface area contributed by atoms with Crippen LogP contribution in [0.5, 0.6) is 0 Å². The monoisotopic (exact) mass is 310 g/mol. The quantitative estimate of drug-likeness (QED) is 0.906. The Kier molecular flexibility index (Phi) is 5.03. The van der Waals surface area contributed by atoms with Gasteiger partial charge in [0.1, 0.15) is 0 Å². The fraction of sp³-hybridized carbons (Fsp3) is 0.455. The van der Waals surface area contributed by atoms with Crippen molar-refractivity contribution in [3.63, 3.8) is 0 Å². The molecule has 1 saturated heterocycles. The second-order valence-electron chi connectivity index (χ2n) is 4.27. The second-order valence-corrected chi connectivity index (χ2v) is 6.59. The maximum atomic E-state index is 12.4. The minimum Gasteiger partial charge on any atom is -0.326 e. The molecule has 0 spiro atoms. The Morgan fingerprint density at radius 3 is 2.67 bits per heavy atom. The highest BCUT2D eigenvalue weighted by molar-refractivity contribution is 7.89. The van der Waals surface area contributed by atoms with Crippen LogP contribution in [0.15, 0.2) is 23.1 Å². The Labute approximate surface area is 119 Å². The summed E-state index contributed by atoms with van der Waals surface area (Å²) < 4.78 is 26.2. The van der Waals surface area contributed by atoms with E-state index in [0.717, 1.165) is 0 Å². The molecule has 4 nitrogen and oxygen atoms in total. The van der Waals surface area contributed by atoms with Crippen LogP contribution in [-0.4, -0.2) is 31.9 Å². The van der Waals surface area contributed by atoms with E-state index in [1.54, 1.807) is 25.1 Å². The molecular weight excluding hydrogens is 295 g/mol. The number of nitrogens with two attached hydrogens (primary N) is 1. The zero-order valence-electron chi connectivity index (χ0n) is 9.97. The molecule has 1 fully saturated rings. The predicted molar refractivity (Wildman–Crippen MR) is 74.8 cm³/mol. The van der Waals surface area contributed by atoms with Gasteiger partial charge in [-0.3, -0.25) is 0 Å². The van der Waals surface area contributed by atoms with E-state index in [-0.39, 0.29) is 23.3 Å². The summed E-state index contributed by atoms with van der Waals surface area (Å²) in [5.74, 6) is 0. The molecule has 1 aliphatic heterocycles. The van der Waals surface area contributed by atoms with Gasteiger partial charge in [-0.05, 0) is 31.0 Å². The molecule has 2 rings (SSSR count). The second kappa shape index (κ2) is 5.75. The lowest BCUT2D eigenvalue weighted by Crippen LogP contribution is -2.32. The van der Waals surface area contributed by atoms with Crippen molar-refractivity contribution in [1.29, 1.82) is 0 Å². The zero-order valence-corrected chi connectivity index (χ0v) is 12.4. The van der Waals surface area contributed by atoms with E-state index in [2.05, 4.69) is 0 Å². The highest BCUT2D eigenvalue weighted by Gasteiger charge is 2.32. The van der Waals surface area contributed by atoms with Gasteiger partial charge < -0.3 is 5.73 Å². The molecule has 2 N–H and O–H groups in total. The first kappa shape index (κ1) is 15.7. The molecule has 1 atom stereocenters. The molecular formula is C11H16Cl2N2O2S. The van der Waals surface area contributed by atoms with E-state index in [9.17, 15) is 8.42 Å². The Hall–Kier alpha value is -0.330. The Balaban J connectivity index is 0.00000162. The summed E-state index contributed by atoms with van der Waals surface area (Å²) in [6, 6.07) is 4.86. The minimum atomic E-state index is -3.46. The lowest BCUT2D eigenvalue weighted by molar-refractivity contribution is 0.472. The summed E-state index contributed by atoms with van der Waals surface area (Å²) in [5, 5.41) is 0.467. The number of hydrogen-bond donors (Lipinski definition) is 1. The van der Waals surface area contributed by atoms with Crippen molar-refractivity contribution in [2.75, 3.05) is 13.1 Å². The van der Waals surface area contributed by atoms with Crippen LogP contribution in [0.4, 0.5) is 0 Å². The van der Waals surface area contributed by atoms with Gasteiger partial charge in [0, 0.05) is 24.2 Å². The molecule has 0 unspecified atom stereocenters. The number of hydrogen-bond acceptors (Lipinski definition) is 3. The molecule has 0 saturated carbocycles. The molecule has 0 bridgehead atoms. The minimum absolute atomic E-state index is 0. The first-order valence-corrected chi connectivity index (χ1v) is 7.25. The van der Waals surface area contributed by atoms with Crippen molar-refractivity contribution in [2.45, 2.75) is 24.3 Å². The molecule has 0 aliphatic carbocycles. The molecule has 102 valence electrons.